The number of amides is 1. The summed E-state index contributed by atoms with van der Waals surface area (Å²) in [6, 6.07) is 2.19. The third kappa shape index (κ3) is 3.85. The zero-order valence-electron chi connectivity index (χ0n) is 13.7. The van der Waals surface area contributed by atoms with Gasteiger partial charge in [0.25, 0.3) is 5.91 Å². The Labute approximate surface area is 145 Å². The van der Waals surface area contributed by atoms with Crippen molar-refractivity contribution in [3.05, 3.63) is 47.0 Å². The summed E-state index contributed by atoms with van der Waals surface area (Å²) in [7, 11) is 0. The number of aliphatic hydroxyl groups is 1. The fourth-order valence-electron chi connectivity index (χ4n) is 2.52. The van der Waals surface area contributed by atoms with Crippen LogP contribution in [0, 0.1) is 5.82 Å². The van der Waals surface area contributed by atoms with Gasteiger partial charge >= 0.3 is 6.18 Å². The van der Waals surface area contributed by atoms with Crippen LogP contribution in [0.25, 0.3) is 0 Å². The molecule has 0 saturated heterocycles. The van der Waals surface area contributed by atoms with Crippen molar-refractivity contribution in [2.24, 2.45) is 0 Å². The lowest BCUT2D eigenvalue weighted by Crippen LogP contribution is -2.42. The Morgan fingerprint density at radius 2 is 2.12 bits per heavy atom. The van der Waals surface area contributed by atoms with Gasteiger partial charge in [-0.15, -0.1) is 5.10 Å². The van der Waals surface area contributed by atoms with Gasteiger partial charge in [-0.05, 0) is 37.5 Å². The van der Waals surface area contributed by atoms with Crippen molar-refractivity contribution < 1.29 is 27.5 Å². The van der Waals surface area contributed by atoms with Crippen LogP contribution in [0.4, 0.5) is 17.6 Å². The molecule has 6 nitrogen and oxygen atoms in total. The van der Waals surface area contributed by atoms with E-state index >= 15 is 0 Å². The molecule has 3 rings (SSSR count). The van der Waals surface area contributed by atoms with E-state index in [2.05, 4.69) is 15.6 Å². The molecule has 0 bridgehead atoms. The molecule has 2 N–H and O–H groups in total. The maximum Gasteiger partial charge on any atom is 0.419 e. The Morgan fingerprint density at radius 1 is 1.42 bits per heavy atom. The predicted octanol–water partition coefficient (Wildman–Crippen LogP) is 2.13. The molecule has 1 heterocycles. The highest BCUT2D eigenvalue weighted by Gasteiger charge is 2.46. The third-order valence-electron chi connectivity index (χ3n) is 4.37. The zero-order valence-corrected chi connectivity index (χ0v) is 13.7. The number of aromatic nitrogens is 3. The van der Waals surface area contributed by atoms with E-state index in [9.17, 15) is 27.5 Å². The number of halogens is 4. The van der Waals surface area contributed by atoms with Gasteiger partial charge in [0, 0.05) is 0 Å². The molecule has 0 spiro atoms. The van der Waals surface area contributed by atoms with Gasteiger partial charge in [0.1, 0.15) is 5.82 Å². The highest BCUT2D eigenvalue weighted by Crippen LogP contribution is 2.38. The van der Waals surface area contributed by atoms with Crippen LogP contribution in [-0.4, -0.2) is 37.7 Å². The molecule has 1 aromatic heterocycles. The van der Waals surface area contributed by atoms with Crippen molar-refractivity contribution in [2.45, 2.75) is 44.1 Å². The zero-order chi connectivity index (χ0) is 19.1. The second-order valence-corrected chi connectivity index (χ2v) is 6.41. The van der Waals surface area contributed by atoms with Crippen LogP contribution in [0.3, 0.4) is 0 Å². The summed E-state index contributed by atoms with van der Waals surface area (Å²) in [6.07, 6.45) is -2.32. The molecule has 140 valence electrons. The van der Waals surface area contributed by atoms with Gasteiger partial charge in [-0.25, -0.2) is 9.07 Å². The predicted molar refractivity (Wildman–Crippen MR) is 81.6 cm³/mol. The normalized spacial score (nSPS) is 17.0. The smallest absolute Gasteiger partial charge is 0.388 e. The number of hydrogen-bond acceptors (Lipinski definition) is 4. The van der Waals surface area contributed by atoms with E-state index in [1.807, 2.05) is 0 Å². The molecule has 1 fully saturated rings. The van der Waals surface area contributed by atoms with Gasteiger partial charge < -0.3 is 10.4 Å². The highest BCUT2D eigenvalue weighted by molar-refractivity contribution is 5.92. The topological polar surface area (TPSA) is 80.0 Å². The lowest BCUT2D eigenvalue weighted by Gasteiger charge is -2.18. The lowest BCUT2D eigenvalue weighted by atomic mass is 10.1. The standard InChI is InChI=1S/C16H16F4N4O2/c1-9(15(26)4-5-15)21-14(25)13-8-24(23-22-13)7-10-2-3-12(17)11(6-10)16(18,19)20/h2-3,6,8-9,26H,4-5,7H2,1H3,(H,21,25). The average Bonchev–Trinajstić information content (AvgIpc) is 3.14. The van der Waals surface area contributed by atoms with Crippen molar-refractivity contribution in [3.8, 4) is 0 Å². The van der Waals surface area contributed by atoms with Crippen LogP contribution in [0.5, 0.6) is 0 Å². The summed E-state index contributed by atoms with van der Waals surface area (Å²) < 4.78 is 52.7. The number of rotatable bonds is 5. The summed E-state index contributed by atoms with van der Waals surface area (Å²) in [5.74, 6) is -1.90. The minimum Gasteiger partial charge on any atom is -0.388 e. The first-order valence-corrected chi connectivity index (χ1v) is 7.87. The molecule has 1 aliphatic carbocycles. The quantitative estimate of drug-likeness (QED) is 0.788. The molecule has 0 aliphatic heterocycles. The molecule has 1 unspecified atom stereocenters. The van der Waals surface area contributed by atoms with E-state index in [4.69, 9.17) is 0 Å². The van der Waals surface area contributed by atoms with Crippen molar-refractivity contribution in [3.63, 3.8) is 0 Å². The average molecular weight is 372 g/mol. The Kier molecular flexibility index (Phi) is 4.47. The molecule has 26 heavy (non-hydrogen) atoms. The molecule has 1 amide bonds. The van der Waals surface area contributed by atoms with Crippen LogP contribution in [-0.2, 0) is 12.7 Å². The minimum atomic E-state index is -4.80. The molecule has 1 atom stereocenters. The van der Waals surface area contributed by atoms with Crippen LogP contribution in [0.1, 0.15) is 41.4 Å². The Balaban J connectivity index is 1.70. The van der Waals surface area contributed by atoms with Crippen molar-refractivity contribution in [2.75, 3.05) is 0 Å². The largest absolute Gasteiger partial charge is 0.419 e. The second kappa shape index (κ2) is 6.35. The molecule has 0 radical (unpaired) electrons. The van der Waals surface area contributed by atoms with Gasteiger partial charge in [-0.1, -0.05) is 11.3 Å². The van der Waals surface area contributed by atoms with E-state index in [0.717, 1.165) is 6.07 Å². The van der Waals surface area contributed by atoms with Crippen LogP contribution >= 0.6 is 0 Å². The lowest BCUT2D eigenvalue weighted by molar-refractivity contribution is -0.140. The maximum absolute atomic E-state index is 13.3. The van der Waals surface area contributed by atoms with Crippen molar-refractivity contribution in [1.82, 2.24) is 20.3 Å². The van der Waals surface area contributed by atoms with Gasteiger partial charge in [-0.2, -0.15) is 13.2 Å². The molecular weight excluding hydrogens is 356 g/mol. The Morgan fingerprint density at radius 3 is 2.73 bits per heavy atom. The van der Waals surface area contributed by atoms with Gasteiger partial charge in [0.05, 0.1) is 29.9 Å². The van der Waals surface area contributed by atoms with Crippen molar-refractivity contribution in [1.29, 1.82) is 0 Å². The number of carbonyl (C=O) groups is 1. The van der Waals surface area contributed by atoms with Gasteiger partial charge in [0.15, 0.2) is 5.69 Å². The highest BCUT2D eigenvalue weighted by atomic mass is 19.4. The molecule has 2 aromatic rings. The van der Waals surface area contributed by atoms with Crippen LogP contribution in [0.2, 0.25) is 0 Å². The number of benzene rings is 1. The fraction of sp³-hybridized carbons (Fsp3) is 0.438. The second-order valence-electron chi connectivity index (χ2n) is 6.41. The van der Waals surface area contributed by atoms with Gasteiger partial charge in [-0.3, -0.25) is 4.79 Å². The van der Waals surface area contributed by atoms with E-state index in [1.54, 1.807) is 6.92 Å². The minimum absolute atomic E-state index is 0.0285. The molecule has 1 aromatic carbocycles. The molecule has 1 saturated carbocycles. The molecule has 10 heteroatoms. The number of alkyl halides is 3. The van der Waals surface area contributed by atoms with Gasteiger partial charge in [0.2, 0.25) is 0 Å². The van der Waals surface area contributed by atoms with Crippen LogP contribution in [0.15, 0.2) is 24.4 Å². The summed E-state index contributed by atoms with van der Waals surface area (Å²) in [5.41, 5.74) is -2.12. The number of hydrogen-bond donors (Lipinski definition) is 2. The molecule has 1 aliphatic rings. The Hall–Kier alpha value is -2.49. The number of nitrogens with one attached hydrogen (secondary N) is 1. The third-order valence-corrected chi connectivity index (χ3v) is 4.37. The van der Waals surface area contributed by atoms with E-state index in [-0.39, 0.29) is 17.8 Å². The van der Waals surface area contributed by atoms with E-state index in [1.165, 1.54) is 16.9 Å². The number of nitrogens with zero attached hydrogens (tertiary/aromatic N) is 3. The summed E-state index contributed by atoms with van der Waals surface area (Å²) >= 11 is 0. The van der Waals surface area contributed by atoms with Crippen molar-refractivity contribution >= 4 is 5.91 Å². The number of carbonyl (C=O) groups excluding carboxylic acids is 1. The Bertz CT molecular complexity index is 830. The SMILES string of the molecule is CC(NC(=O)c1cn(Cc2ccc(F)c(C(F)(F)F)c2)nn1)C1(O)CC1. The maximum atomic E-state index is 13.3. The van der Waals surface area contributed by atoms with E-state index < -0.39 is 35.1 Å². The first-order valence-electron chi connectivity index (χ1n) is 7.87. The first kappa shape index (κ1) is 18.3. The fourth-order valence-corrected chi connectivity index (χ4v) is 2.52. The summed E-state index contributed by atoms with van der Waals surface area (Å²) in [4.78, 5) is 12.1. The summed E-state index contributed by atoms with van der Waals surface area (Å²) in [6.45, 7) is 1.57. The molecular formula is C16H16F4N4O2. The van der Waals surface area contributed by atoms with Crippen LogP contribution < -0.4 is 5.32 Å². The summed E-state index contributed by atoms with van der Waals surface area (Å²) in [5, 5.41) is 19.9. The monoisotopic (exact) mass is 372 g/mol. The van der Waals surface area contributed by atoms with E-state index in [0.29, 0.717) is 18.9 Å². The first-order chi connectivity index (χ1) is 12.1.